The first-order chi connectivity index (χ1) is 17.0. The number of hydrogen-bond donors (Lipinski definition) is 3. The van der Waals surface area contributed by atoms with E-state index in [4.69, 9.17) is 4.98 Å². The van der Waals surface area contributed by atoms with E-state index in [1.165, 1.54) is 6.08 Å². The molecule has 0 atom stereocenters. The molecule has 9 heteroatoms. The molecule has 3 N–H and O–H groups in total. The number of anilines is 3. The quantitative estimate of drug-likeness (QED) is 0.353. The van der Waals surface area contributed by atoms with Crippen molar-refractivity contribution in [3.8, 4) is 17.0 Å². The molecule has 0 amide bonds. The highest BCUT2D eigenvalue weighted by molar-refractivity contribution is 5.93. The van der Waals surface area contributed by atoms with Crippen molar-refractivity contribution in [1.29, 1.82) is 0 Å². The SMILES string of the molecule is C=CC(=O)Cc1cccc(-c2nc(Nc3ccc(N4CCN(C)CC4)c(O)c3)nc3[nH]ncc23)c1. The Balaban J connectivity index is 1.43. The second kappa shape index (κ2) is 9.55. The fourth-order valence-corrected chi connectivity index (χ4v) is 4.26. The van der Waals surface area contributed by atoms with Gasteiger partial charge in [-0.3, -0.25) is 9.89 Å². The fraction of sp³-hybridized carbons (Fsp3) is 0.231. The largest absolute Gasteiger partial charge is 0.506 e. The Morgan fingerprint density at radius 1 is 1.17 bits per heavy atom. The third-order valence-electron chi connectivity index (χ3n) is 6.19. The van der Waals surface area contributed by atoms with Gasteiger partial charge in [0.1, 0.15) is 5.75 Å². The maximum atomic E-state index is 11.8. The minimum atomic E-state index is -0.0412. The molecule has 0 bridgehead atoms. The van der Waals surface area contributed by atoms with E-state index < -0.39 is 0 Å². The summed E-state index contributed by atoms with van der Waals surface area (Å²) in [5, 5.41) is 21.7. The Morgan fingerprint density at radius 3 is 2.77 bits per heavy atom. The van der Waals surface area contributed by atoms with E-state index in [1.807, 2.05) is 36.4 Å². The number of ketones is 1. The topological polar surface area (TPSA) is 110 Å². The first-order valence-electron chi connectivity index (χ1n) is 11.5. The number of rotatable bonds is 7. The lowest BCUT2D eigenvalue weighted by atomic mass is 10.0. The Bertz CT molecular complexity index is 1390. The number of nitrogens with zero attached hydrogens (tertiary/aromatic N) is 5. The lowest BCUT2D eigenvalue weighted by Gasteiger charge is -2.34. The maximum absolute atomic E-state index is 11.8. The van der Waals surface area contributed by atoms with Gasteiger partial charge < -0.3 is 20.2 Å². The Hall–Kier alpha value is -4.24. The second-order valence-corrected chi connectivity index (χ2v) is 8.69. The third-order valence-corrected chi connectivity index (χ3v) is 6.19. The maximum Gasteiger partial charge on any atom is 0.229 e. The molecule has 0 aliphatic carbocycles. The Kier molecular flexibility index (Phi) is 6.15. The molecule has 2 aromatic heterocycles. The van der Waals surface area contributed by atoms with Gasteiger partial charge in [-0.1, -0.05) is 24.8 Å². The standard InChI is InChI=1S/C26H27N7O2/c1-3-20(34)14-17-5-4-6-18(13-17)24-21-16-27-31-25(21)30-26(29-24)28-19-7-8-22(23(35)15-19)33-11-9-32(2)10-12-33/h3-8,13,15-16,35H,1,9-12,14H2,2H3,(H2,27,28,29,30,31). The summed E-state index contributed by atoms with van der Waals surface area (Å²) in [7, 11) is 2.10. The van der Waals surface area contributed by atoms with Crippen molar-refractivity contribution in [2.75, 3.05) is 43.4 Å². The van der Waals surface area contributed by atoms with Crippen LogP contribution in [0.5, 0.6) is 5.75 Å². The first-order valence-corrected chi connectivity index (χ1v) is 11.5. The zero-order chi connectivity index (χ0) is 24.4. The third kappa shape index (κ3) is 4.85. The zero-order valence-electron chi connectivity index (χ0n) is 19.5. The van der Waals surface area contributed by atoms with Crippen LogP contribution in [0.2, 0.25) is 0 Å². The van der Waals surface area contributed by atoms with Crippen molar-refractivity contribution in [2.45, 2.75) is 6.42 Å². The van der Waals surface area contributed by atoms with Gasteiger partial charge >= 0.3 is 0 Å². The molecule has 9 nitrogen and oxygen atoms in total. The van der Waals surface area contributed by atoms with Crippen LogP contribution in [0.15, 0.2) is 61.3 Å². The van der Waals surface area contributed by atoms with E-state index in [2.05, 4.69) is 43.9 Å². The van der Waals surface area contributed by atoms with Crippen LogP contribution < -0.4 is 10.2 Å². The van der Waals surface area contributed by atoms with E-state index in [0.717, 1.165) is 48.4 Å². The lowest BCUT2D eigenvalue weighted by Crippen LogP contribution is -2.44. The summed E-state index contributed by atoms with van der Waals surface area (Å²) in [6.07, 6.45) is 3.30. The lowest BCUT2D eigenvalue weighted by molar-refractivity contribution is -0.114. The summed E-state index contributed by atoms with van der Waals surface area (Å²) in [5.74, 6) is 0.540. The van der Waals surface area contributed by atoms with Gasteiger partial charge in [0.15, 0.2) is 11.4 Å². The van der Waals surface area contributed by atoms with E-state index in [-0.39, 0.29) is 18.0 Å². The minimum absolute atomic E-state index is 0.0412. The normalized spacial score (nSPS) is 14.3. The molecule has 0 spiro atoms. The van der Waals surface area contributed by atoms with Crippen LogP contribution in [0.25, 0.3) is 22.3 Å². The summed E-state index contributed by atoms with van der Waals surface area (Å²) in [6.45, 7) is 7.22. The molecule has 0 unspecified atom stereocenters. The average molecular weight is 470 g/mol. The van der Waals surface area contributed by atoms with Crippen molar-refractivity contribution in [2.24, 2.45) is 0 Å². The predicted octanol–water partition coefficient (Wildman–Crippen LogP) is 3.52. The van der Waals surface area contributed by atoms with Crippen LogP contribution in [0, 0.1) is 0 Å². The average Bonchev–Trinajstić information content (AvgIpc) is 3.33. The number of nitrogens with one attached hydrogen (secondary N) is 2. The summed E-state index contributed by atoms with van der Waals surface area (Å²) < 4.78 is 0. The molecule has 5 rings (SSSR count). The molecule has 1 aliphatic heterocycles. The van der Waals surface area contributed by atoms with E-state index >= 15 is 0 Å². The first kappa shape index (κ1) is 22.5. The summed E-state index contributed by atoms with van der Waals surface area (Å²) in [6, 6.07) is 13.2. The molecular weight excluding hydrogens is 442 g/mol. The van der Waals surface area contributed by atoms with Crippen molar-refractivity contribution in [1.82, 2.24) is 25.1 Å². The second-order valence-electron chi connectivity index (χ2n) is 8.69. The predicted molar refractivity (Wildman–Crippen MR) is 137 cm³/mol. The number of aromatic nitrogens is 4. The number of fused-ring (bicyclic) bond motifs is 1. The Labute approximate surface area is 203 Å². The number of piperazine rings is 1. The molecule has 2 aromatic carbocycles. The molecule has 178 valence electrons. The monoisotopic (exact) mass is 469 g/mol. The number of aromatic amines is 1. The molecule has 0 radical (unpaired) electrons. The number of carbonyl (C=O) groups excluding carboxylic acids is 1. The number of hydrogen-bond acceptors (Lipinski definition) is 8. The van der Waals surface area contributed by atoms with Crippen LogP contribution >= 0.6 is 0 Å². The number of phenols is 1. The van der Waals surface area contributed by atoms with Gasteiger partial charge in [0.25, 0.3) is 0 Å². The minimum Gasteiger partial charge on any atom is -0.506 e. The van der Waals surface area contributed by atoms with Crippen molar-refractivity contribution in [3.05, 3.63) is 66.9 Å². The molecule has 1 aliphatic rings. The highest BCUT2D eigenvalue weighted by atomic mass is 16.3. The molecule has 4 aromatic rings. The molecular formula is C26H27N7O2. The molecule has 1 saturated heterocycles. The smallest absolute Gasteiger partial charge is 0.229 e. The van der Waals surface area contributed by atoms with Crippen molar-refractivity contribution < 1.29 is 9.90 Å². The highest BCUT2D eigenvalue weighted by Crippen LogP contribution is 2.33. The van der Waals surface area contributed by atoms with E-state index in [1.54, 1.807) is 12.3 Å². The van der Waals surface area contributed by atoms with Gasteiger partial charge in [0, 0.05) is 49.9 Å². The Morgan fingerprint density at radius 2 is 2.00 bits per heavy atom. The van der Waals surface area contributed by atoms with Crippen molar-refractivity contribution >= 4 is 34.1 Å². The van der Waals surface area contributed by atoms with Gasteiger partial charge in [-0.05, 0) is 36.9 Å². The number of allylic oxidation sites excluding steroid dienone is 1. The van der Waals surface area contributed by atoms with Crippen LogP contribution in [0.4, 0.5) is 17.3 Å². The molecule has 1 fully saturated rings. The summed E-state index contributed by atoms with van der Waals surface area (Å²) in [4.78, 5) is 25.6. The number of carbonyl (C=O) groups is 1. The van der Waals surface area contributed by atoms with Gasteiger partial charge in [0.05, 0.1) is 23.0 Å². The van der Waals surface area contributed by atoms with Crippen LogP contribution in [-0.2, 0) is 11.2 Å². The van der Waals surface area contributed by atoms with E-state index in [0.29, 0.717) is 23.0 Å². The number of benzene rings is 2. The summed E-state index contributed by atoms with van der Waals surface area (Å²) in [5.41, 5.74) is 4.50. The van der Waals surface area contributed by atoms with Gasteiger partial charge in [-0.15, -0.1) is 0 Å². The molecule has 35 heavy (non-hydrogen) atoms. The molecule has 0 saturated carbocycles. The summed E-state index contributed by atoms with van der Waals surface area (Å²) >= 11 is 0. The number of phenolic OH excluding ortho intramolecular Hbond substituents is 1. The van der Waals surface area contributed by atoms with Crippen molar-refractivity contribution in [3.63, 3.8) is 0 Å². The number of aromatic hydroxyl groups is 1. The van der Waals surface area contributed by atoms with Gasteiger partial charge in [-0.2, -0.15) is 10.1 Å². The van der Waals surface area contributed by atoms with Crippen LogP contribution in [0.3, 0.4) is 0 Å². The fourth-order valence-electron chi connectivity index (χ4n) is 4.26. The molecule has 3 heterocycles. The van der Waals surface area contributed by atoms with E-state index in [9.17, 15) is 9.90 Å². The van der Waals surface area contributed by atoms with Crippen LogP contribution in [-0.4, -0.2) is 69.2 Å². The van der Waals surface area contributed by atoms with Crippen LogP contribution in [0.1, 0.15) is 5.56 Å². The zero-order valence-corrected chi connectivity index (χ0v) is 19.5. The van der Waals surface area contributed by atoms with Gasteiger partial charge in [0.2, 0.25) is 5.95 Å². The number of H-pyrrole nitrogens is 1. The highest BCUT2D eigenvalue weighted by Gasteiger charge is 2.18. The van der Waals surface area contributed by atoms with Gasteiger partial charge in [-0.25, -0.2) is 4.98 Å². The number of likely N-dealkylation sites (N-methyl/N-ethyl adjacent to an activating group) is 1.